The predicted molar refractivity (Wildman–Crippen MR) is 90.7 cm³/mol. The third-order valence-corrected chi connectivity index (χ3v) is 5.27. The second-order valence-corrected chi connectivity index (χ2v) is 6.96. The fraction of sp³-hybridized carbons (Fsp3) is 0.533. The Balaban J connectivity index is 1.91. The van der Waals surface area contributed by atoms with Crippen LogP contribution in [0, 0.1) is 0 Å². The fourth-order valence-corrected chi connectivity index (χ4v) is 4.08. The molecule has 0 radical (unpaired) electrons. The van der Waals surface area contributed by atoms with Gasteiger partial charge in [-0.3, -0.25) is 4.79 Å². The van der Waals surface area contributed by atoms with E-state index in [1.807, 2.05) is 30.8 Å². The van der Waals surface area contributed by atoms with E-state index in [2.05, 4.69) is 15.5 Å². The van der Waals surface area contributed by atoms with Gasteiger partial charge in [0.15, 0.2) is 0 Å². The topological polar surface area (TPSA) is 44.4 Å². The van der Waals surface area contributed by atoms with Crippen molar-refractivity contribution in [1.82, 2.24) is 5.32 Å². The van der Waals surface area contributed by atoms with Crippen molar-refractivity contribution in [2.75, 3.05) is 41.4 Å². The highest BCUT2D eigenvalue weighted by atomic mass is 35.5. The fourth-order valence-electron chi connectivity index (χ4n) is 2.91. The number of benzene rings is 1. The van der Waals surface area contributed by atoms with Crippen LogP contribution in [0.1, 0.15) is 24.9 Å². The van der Waals surface area contributed by atoms with Crippen molar-refractivity contribution in [2.24, 2.45) is 0 Å². The van der Waals surface area contributed by atoms with Gasteiger partial charge in [-0.1, -0.05) is 18.5 Å². The van der Waals surface area contributed by atoms with Crippen molar-refractivity contribution >= 4 is 40.6 Å². The quantitative estimate of drug-likeness (QED) is 0.897. The van der Waals surface area contributed by atoms with Crippen LogP contribution in [0.5, 0.6) is 0 Å². The lowest BCUT2D eigenvalue weighted by Gasteiger charge is -2.24. The molecule has 21 heavy (non-hydrogen) atoms. The predicted octanol–water partition coefficient (Wildman–Crippen LogP) is 2.89. The van der Waals surface area contributed by atoms with Gasteiger partial charge < -0.3 is 15.5 Å². The average Bonchev–Trinajstić information content (AvgIpc) is 2.68. The summed E-state index contributed by atoms with van der Waals surface area (Å²) in [6.07, 6.45) is 1.17. The van der Waals surface area contributed by atoms with Crippen molar-refractivity contribution in [3.8, 4) is 0 Å². The number of hydrogen-bond donors (Lipinski definition) is 2. The molecule has 2 heterocycles. The number of nitrogens with one attached hydrogen (secondary N) is 2. The third kappa shape index (κ3) is 3.00. The zero-order chi connectivity index (χ0) is 14.8. The van der Waals surface area contributed by atoms with Gasteiger partial charge in [0.25, 0.3) is 0 Å². The van der Waals surface area contributed by atoms with Gasteiger partial charge >= 0.3 is 0 Å². The Labute approximate surface area is 134 Å². The Kier molecular flexibility index (Phi) is 4.62. The van der Waals surface area contributed by atoms with Crippen LogP contribution in [-0.2, 0) is 4.79 Å². The maximum Gasteiger partial charge on any atom is 0.246 e. The molecular weight excluding hydrogens is 306 g/mol. The number of hydrogen-bond acceptors (Lipinski definition) is 4. The smallest absolute Gasteiger partial charge is 0.246 e. The van der Waals surface area contributed by atoms with Crippen LogP contribution in [0.3, 0.4) is 0 Å². The molecule has 3 rings (SSSR count). The molecule has 0 saturated carbocycles. The Morgan fingerprint density at radius 1 is 1.43 bits per heavy atom. The average molecular weight is 326 g/mol. The molecule has 1 aromatic carbocycles. The summed E-state index contributed by atoms with van der Waals surface area (Å²) in [4.78, 5) is 14.4. The van der Waals surface area contributed by atoms with Crippen LogP contribution in [0.4, 0.5) is 11.4 Å². The van der Waals surface area contributed by atoms with Gasteiger partial charge in [0.2, 0.25) is 5.91 Å². The highest BCUT2D eigenvalue weighted by Gasteiger charge is 2.31. The standard InChI is InChI=1S/C15H20ClN3OS/c1-2-17-14-10-8-11(16)13(9-12(10)18-15(14)20)19-4-3-6-21-7-5-19/h8-9,14,17H,2-7H2,1H3,(H,18,20). The zero-order valence-electron chi connectivity index (χ0n) is 12.1. The highest BCUT2D eigenvalue weighted by Crippen LogP contribution is 2.39. The molecule has 0 spiro atoms. The summed E-state index contributed by atoms with van der Waals surface area (Å²) < 4.78 is 0. The first-order chi connectivity index (χ1) is 10.2. The van der Waals surface area contributed by atoms with Gasteiger partial charge in [-0.2, -0.15) is 11.8 Å². The minimum atomic E-state index is -0.281. The molecule has 114 valence electrons. The Morgan fingerprint density at radius 3 is 3.10 bits per heavy atom. The van der Waals surface area contributed by atoms with E-state index >= 15 is 0 Å². The van der Waals surface area contributed by atoms with E-state index in [4.69, 9.17) is 11.6 Å². The molecule has 2 aliphatic heterocycles. The lowest BCUT2D eigenvalue weighted by molar-refractivity contribution is -0.117. The monoisotopic (exact) mass is 325 g/mol. The van der Waals surface area contributed by atoms with E-state index < -0.39 is 0 Å². The van der Waals surface area contributed by atoms with Crippen molar-refractivity contribution in [3.05, 3.63) is 22.7 Å². The van der Waals surface area contributed by atoms with Gasteiger partial charge in [0.1, 0.15) is 6.04 Å². The van der Waals surface area contributed by atoms with E-state index in [9.17, 15) is 4.79 Å². The van der Waals surface area contributed by atoms with Crippen LogP contribution < -0.4 is 15.5 Å². The SMILES string of the molecule is CCNC1C(=O)Nc2cc(N3CCCSCC3)c(Cl)cc21. The molecule has 6 heteroatoms. The van der Waals surface area contributed by atoms with Gasteiger partial charge in [0.05, 0.1) is 10.7 Å². The first-order valence-electron chi connectivity index (χ1n) is 7.41. The van der Waals surface area contributed by atoms with Gasteiger partial charge in [0, 0.05) is 30.1 Å². The number of likely N-dealkylation sites (N-methyl/N-ethyl adjacent to an activating group) is 1. The Bertz CT molecular complexity index is 544. The van der Waals surface area contributed by atoms with E-state index in [0.717, 1.165) is 47.3 Å². The molecule has 1 unspecified atom stereocenters. The molecule has 0 aliphatic carbocycles. The molecule has 2 aliphatic rings. The summed E-state index contributed by atoms with van der Waals surface area (Å²) in [7, 11) is 0. The largest absolute Gasteiger partial charge is 0.369 e. The van der Waals surface area contributed by atoms with Crippen molar-refractivity contribution < 1.29 is 4.79 Å². The van der Waals surface area contributed by atoms with Gasteiger partial charge in [-0.25, -0.2) is 0 Å². The Hall–Kier alpha value is -0.910. The number of anilines is 2. The first-order valence-corrected chi connectivity index (χ1v) is 8.94. The maximum absolute atomic E-state index is 12.0. The summed E-state index contributed by atoms with van der Waals surface area (Å²) in [5.41, 5.74) is 2.89. The summed E-state index contributed by atoms with van der Waals surface area (Å²) in [6.45, 7) is 4.78. The molecule has 1 atom stereocenters. The molecule has 1 amide bonds. The summed E-state index contributed by atoms with van der Waals surface area (Å²) in [6, 6.07) is 3.69. The molecule has 1 saturated heterocycles. The lowest BCUT2D eigenvalue weighted by atomic mass is 10.1. The second-order valence-electron chi connectivity index (χ2n) is 5.32. The summed E-state index contributed by atoms with van der Waals surface area (Å²) in [5, 5.41) is 6.90. The van der Waals surface area contributed by atoms with Crippen LogP contribution in [0.2, 0.25) is 5.02 Å². The number of carbonyl (C=O) groups excluding carboxylic acids is 1. The van der Waals surface area contributed by atoms with Crippen LogP contribution >= 0.6 is 23.4 Å². The molecule has 1 fully saturated rings. The van der Waals surface area contributed by atoms with Crippen LogP contribution in [-0.4, -0.2) is 37.0 Å². The number of fused-ring (bicyclic) bond motifs is 1. The van der Waals surface area contributed by atoms with Crippen LogP contribution in [0.25, 0.3) is 0 Å². The zero-order valence-corrected chi connectivity index (χ0v) is 13.7. The molecule has 0 bridgehead atoms. The van der Waals surface area contributed by atoms with Crippen LogP contribution in [0.15, 0.2) is 12.1 Å². The number of nitrogens with zero attached hydrogens (tertiary/aromatic N) is 1. The highest BCUT2D eigenvalue weighted by molar-refractivity contribution is 7.99. The molecular formula is C15H20ClN3OS. The van der Waals surface area contributed by atoms with Crippen molar-refractivity contribution in [3.63, 3.8) is 0 Å². The minimum Gasteiger partial charge on any atom is -0.369 e. The number of carbonyl (C=O) groups is 1. The minimum absolute atomic E-state index is 0.00601. The second kappa shape index (κ2) is 6.46. The van der Waals surface area contributed by atoms with Crippen molar-refractivity contribution in [2.45, 2.75) is 19.4 Å². The summed E-state index contributed by atoms with van der Waals surface area (Å²) in [5.74, 6) is 2.34. The summed E-state index contributed by atoms with van der Waals surface area (Å²) >= 11 is 8.48. The van der Waals surface area contributed by atoms with E-state index in [-0.39, 0.29) is 11.9 Å². The third-order valence-electron chi connectivity index (χ3n) is 3.92. The lowest BCUT2D eigenvalue weighted by Crippen LogP contribution is -2.27. The molecule has 1 aromatic rings. The first kappa shape index (κ1) is 15.0. The van der Waals surface area contributed by atoms with Gasteiger partial charge in [-0.15, -0.1) is 0 Å². The van der Waals surface area contributed by atoms with Gasteiger partial charge in [-0.05, 0) is 30.9 Å². The maximum atomic E-state index is 12.0. The molecule has 2 N–H and O–H groups in total. The number of amides is 1. The number of thioether (sulfide) groups is 1. The van der Waals surface area contributed by atoms with E-state index in [0.29, 0.717) is 0 Å². The van der Waals surface area contributed by atoms with E-state index in [1.54, 1.807) is 0 Å². The molecule has 0 aromatic heterocycles. The molecule has 4 nitrogen and oxygen atoms in total. The van der Waals surface area contributed by atoms with E-state index in [1.165, 1.54) is 12.2 Å². The van der Waals surface area contributed by atoms with Crippen molar-refractivity contribution in [1.29, 1.82) is 0 Å². The Morgan fingerprint density at radius 2 is 2.29 bits per heavy atom. The number of rotatable bonds is 3. The number of halogens is 1. The normalized spacial score (nSPS) is 21.9.